The topological polar surface area (TPSA) is 92.1 Å². The van der Waals surface area contributed by atoms with Gasteiger partial charge in [-0.3, -0.25) is 4.79 Å². The average Bonchev–Trinajstić information content (AvgIpc) is 2.70. The molecule has 0 atom stereocenters. The van der Waals surface area contributed by atoms with Crippen molar-refractivity contribution in [2.75, 3.05) is 10.6 Å². The molecule has 1 aliphatic rings. The maximum atomic E-state index is 13.0. The minimum Gasteiger partial charge on any atom is -0.393 e. The first kappa shape index (κ1) is 18.1. The quantitative estimate of drug-likeness (QED) is 0.613. The van der Waals surface area contributed by atoms with Crippen LogP contribution in [0.15, 0.2) is 41.5 Å². The summed E-state index contributed by atoms with van der Waals surface area (Å²) in [5.74, 6) is 1.81. The van der Waals surface area contributed by atoms with Crippen molar-refractivity contribution in [1.82, 2.24) is 14.5 Å². The van der Waals surface area contributed by atoms with Crippen LogP contribution in [0.4, 0.5) is 17.5 Å². The van der Waals surface area contributed by atoms with Crippen molar-refractivity contribution in [1.29, 1.82) is 0 Å². The monoisotopic (exact) mass is 394 g/mol. The van der Waals surface area contributed by atoms with E-state index in [-0.39, 0.29) is 11.6 Å². The number of aryl methyl sites for hydroxylation is 2. The maximum Gasteiger partial charge on any atom is 0.262 e. The van der Waals surface area contributed by atoms with E-state index in [0.717, 1.165) is 10.9 Å². The number of pyridine rings is 3. The number of anilines is 3. The van der Waals surface area contributed by atoms with E-state index in [1.807, 2.05) is 38.1 Å². The molecule has 0 spiro atoms. The Hall–Kier alpha value is -2.93. The molecule has 3 aromatic heterocycles. The van der Waals surface area contributed by atoms with Crippen LogP contribution in [0.25, 0.3) is 10.8 Å². The molecular weight excluding hydrogens is 366 g/mol. The summed E-state index contributed by atoms with van der Waals surface area (Å²) in [6.07, 6.45) is 4.26. The Labute approximate surface area is 171 Å². The first-order chi connectivity index (χ1) is 14.3. The van der Waals surface area contributed by atoms with Gasteiger partial charge in [-0.1, -0.05) is 0 Å². The largest absolute Gasteiger partial charge is 0.393 e. The lowest BCUT2D eigenvalue weighted by molar-refractivity contribution is 0.126. The summed E-state index contributed by atoms with van der Waals surface area (Å²) in [6, 6.07) is 7.69. The zero-order valence-electron chi connectivity index (χ0n) is 17.8. The molecule has 0 unspecified atom stereocenters. The fourth-order valence-electron chi connectivity index (χ4n) is 3.74. The lowest BCUT2D eigenvalue weighted by Gasteiger charge is -2.27. The van der Waals surface area contributed by atoms with Gasteiger partial charge in [0.1, 0.15) is 17.5 Å². The van der Waals surface area contributed by atoms with Gasteiger partial charge in [-0.2, -0.15) is 0 Å². The van der Waals surface area contributed by atoms with Gasteiger partial charge in [0.15, 0.2) is 0 Å². The number of nitrogens with zero attached hydrogens (tertiary/aromatic N) is 3. The molecular formula is C22H27N5O2. The van der Waals surface area contributed by atoms with E-state index in [0.29, 0.717) is 55.1 Å². The third-order valence-corrected chi connectivity index (χ3v) is 5.37. The van der Waals surface area contributed by atoms with Crippen LogP contribution >= 0.6 is 0 Å². The second-order valence-electron chi connectivity index (χ2n) is 7.56. The smallest absolute Gasteiger partial charge is 0.262 e. The fourth-order valence-corrected chi connectivity index (χ4v) is 3.74. The summed E-state index contributed by atoms with van der Waals surface area (Å²) >= 11 is 0. The predicted octanol–water partition coefficient (Wildman–Crippen LogP) is 3.58. The Morgan fingerprint density at radius 3 is 2.76 bits per heavy atom. The summed E-state index contributed by atoms with van der Waals surface area (Å²) in [6.45, 7) is 4.51. The maximum absolute atomic E-state index is 13.0. The van der Waals surface area contributed by atoms with Crippen LogP contribution in [0, 0.1) is 6.92 Å². The summed E-state index contributed by atoms with van der Waals surface area (Å²) in [4.78, 5) is 22.1. The molecule has 0 aliphatic heterocycles. The van der Waals surface area contributed by atoms with Gasteiger partial charge in [-0.05, 0) is 74.7 Å². The molecule has 29 heavy (non-hydrogen) atoms. The van der Waals surface area contributed by atoms with Gasteiger partial charge in [0.25, 0.3) is 5.56 Å². The third-order valence-electron chi connectivity index (χ3n) is 5.37. The van der Waals surface area contributed by atoms with E-state index in [4.69, 9.17) is 6.35 Å². The van der Waals surface area contributed by atoms with E-state index < -0.39 is 6.08 Å². The van der Waals surface area contributed by atoms with Crippen molar-refractivity contribution in [2.45, 2.75) is 58.2 Å². The van der Waals surface area contributed by atoms with Gasteiger partial charge in [-0.25, -0.2) is 9.97 Å². The summed E-state index contributed by atoms with van der Waals surface area (Å²) < 4.78 is 9.49. The van der Waals surface area contributed by atoms with E-state index in [1.165, 1.54) is 0 Å². The standard InChI is InChI=1S/C22H27N5O2/c1-3-27-11-9-15-13-19(25-18-12-14(2)8-10-23-18)26-21(20(15)22(27)29)24-16-4-6-17(28)7-5-16/h8-13,16-17,28H,3-7H2,1-2H3,(H2,23,24,25,26)/i17D. The normalized spacial score (nSPS) is 22.3. The minimum atomic E-state index is -1.36. The summed E-state index contributed by atoms with van der Waals surface area (Å²) in [5, 5.41) is 17.9. The molecule has 152 valence electrons. The van der Waals surface area contributed by atoms with Gasteiger partial charge in [0.2, 0.25) is 0 Å². The Morgan fingerprint density at radius 1 is 1.24 bits per heavy atom. The van der Waals surface area contributed by atoms with Crippen LogP contribution in [0.1, 0.15) is 39.5 Å². The number of rotatable bonds is 5. The molecule has 1 saturated carbocycles. The van der Waals surface area contributed by atoms with Crippen LogP contribution in [-0.2, 0) is 6.54 Å². The Bertz CT molecular complexity index is 1120. The minimum absolute atomic E-state index is 0.0494. The van der Waals surface area contributed by atoms with Gasteiger partial charge in [0, 0.05) is 25.0 Å². The van der Waals surface area contributed by atoms with Gasteiger partial charge < -0.3 is 20.3 Å². The average molecular weight is 394 g/mol. The number of hydrogen-bond donors (Lipinski definition) is 3. The lowest BCUT2D eigenvalue weighted by atomic mass is 9.93. The van der Waals surface area contributed by atoms with Crippen LogP contribution in [0.3, 0.4) is 0 Å². The van der Waals surface area contributed by atoms with Gasteiger partial charge in [-0.15, -0.1) is 0 Å². The molecule has 4 rings (SSSR count). The highest BCUT2D eigenvalue weighted by molar-refractivity contribution is 5.93. The first-order valence-electron chi connectivity index (χ1n) is 10.6. The SMILES string of the molecule is [2H]C1(O)CCC(Nc2nc(Nc3cc(C)ccn3)cc3ccn(CC)c(=O)c23)CC1. The highest BCUT2D eigenvalue weighted by Gasteiger charge is 2.21. The number of aromatic nitrogens is 3. The van der Waals surface area contributed by atoms with Crippen molar-refractivity contribution in [3.8, 4) is 0 Å². The van der Waals surface area contributed by atoms with Crippen molar-refractivity contribution in [2.24, 2.45) is 0 Å². The number of fused-ring (bicyclic) bond motifs is 1. The summed E-state index contributed by atoms with van der Waals surface area (Å²) in [7, 11) is 0. The molecule has 7 nitrogen and oxygen atoms in total. The summed E-state index contributed by atoms with van der Waals surface area (Å²) in [5.41, 5.74) is 1.00. The van der Waals surface area contributed by atoms with Gasteiger partial charge >= 0.3 is 0 Å². The first-order valence-corrected chi connectivity index (χ1v) is 10.1. The molecule has 3 heterocycles. The zero-order chi connectivity index (χ0) is 21.3. The lowest BCUT2D eigenvalue weighted by Crippen LogP contribution is -2.29. The predicted molar refractivity (Wildman–Crippen MR) is 116 cm³/mol. The molecule has 1 fully saturated rings. The molecule has 0 radical (unpaired) electrons. The molecule has 3 aromatic rings. The molecule has 0 aromatic carbocycles. The van der Waals surface area contributed by atoms with Crippen LogP contribution in [0.5, 0.6) is 0 Å². The van der Waals surface area contributed by atoms with Crippen LogP contribution < -0.4 is 16.2 Å². The van der Waals surface area contributed by atoms with Crippen LogP contribution in [-0.4, -0.2) is 31.8 Å². The highest BCUT2D eigenvalue weighted by Crippen LogP contribution is 2.27. The van der Waals surface area contributed by atoms with Crippen molar-refractivity contribution >= 4 is 28.2 Å². The Balaban J connectivity index is 1.73. The van der Waals surface area contributed by atoms with Crippen molar-refractivity contribution < 1.29 is 6.48 Å². The van der Waals surface area contributed by atoms with E-state index >= 15 is 0 Å². The molecule has 0 bridgehead atoms. The van der Waals surface area contributed by atoms with Crippen LogP contribution in [0.2, 0.25) is 0 Å². The van der Waals surface area contributed by atoms with Gasteiger partial charge in [0.05, 0.1) is 12.8 Å². The molecule has 0 amide bonds. The molecule has 0 saturated heterocycles. The number of nitrogens with one attached hydrogen (secondary N) is 2. The molecule has 3 N–H and O–H groups in total. The van der Waals surface area contributed by atoms with Crippen molar-refractivity contribution in [3.05, 3.63) is 52.6 Å². The third kappa shape index (κ3) is 4.24. The molecule has 1 aliphatic carbocycles. The van der Waals surface area contributed by atoms with E-state index in [1.54, 1.807) is 17.0 Å². The van der Waals surface area contributed by atoms with E-state index in [2.05, 4.69) is 15.6 Å². The second-order valence-corrected chi connectivity index (χ2v) is 7.56. The Kier molecular flexibility index (Phi) is 5.13. The van der Waals surface area contributed by atoms with E-state index in [9.17, 15) is 9.90 Å². The highest BCUT2D eigenvalue weighted by atomic mass is 16.3. The number of aliphatic hydroxyl groups is 1. The Morgan fingerprint density at radius 2 is 2.03 bits per heavy atom. The van der Waals surface area contributed by atoms with Crippen molar-refractivity contribution in [3.63, 3.8) is 0 Å². The second kappa shape index (κ2) is 8.21. The zero-order valence-corrected chi connectivity index (χ0v) is 16.8. The number of hydrogen-bond acceptors (Lipinski definition) is 6. The molecule has 7 heteroatoms. The fraction of sp³-hybridized carbons (Fsp3) is 0.409.